The van der Waals surface area contributed by atoms with Gasteiger partial charge in [0, 0.05) is 0 Å². The molecule has 2 aromatic carbocycles. The van der Waals surface area contributed by atoms with Gasteiger partial charge in [-0.05, 0) is 71.8 Å². The van der Waals surface area contributed by atoms with Crippen molar-refractivity contribution in [3.05, 3.63) is 61.8 Å². The van der Waals surface area contributed by atoms with E-state index in [1.165, 1.54) is 0 Å². The molecule has 0 radical (unpaired) electrons. The highest BCUT2D eigenvalue weighted by atomic mass is 127. The highest BCUT2D eigenvalue weighted by molar-refractivity contribution is 14.1. The van der Waals surface area contributed by atoms with E-state index in [1.54, 1.807) is 24.3 Å². The summed E-state index contributed by atoms with van der Waals surface area (Å²) in [5, 5.41) is 0.474. The second-order valence-electron chi connectivity index (χ2n) is 6.28. The number of aliphatic imine (C=N–C) groups is 1. The number of carbonyl (C=O) groups is 1. The van der Waals surface area contributed by atoms with Crippen LogP contribution in [0.25, 0.3) is 6.08 Å². The normalized spacial score (nSPS) is 14.7. The molecular weight excluding hydrogens is 505 g/mol. The van der Waals surface area contributed by atoms with Crippen LogP contribution < -0.4 is 9.47 Å². The lowest BCUT2D eigenvalue weighted by atomic mass is 10.1. The Bertz CT molecular complexity index is 971. The van der Waals surface area contributed by atoms with E-state index in [0.717, 1.165) is 27.7 Å². The minimum atomic E-state index is -0.517. The molecule has 152 valence electrons. The minimum Gasteiger partial charge on any atom is -0.490 e. The average Bonchev–Trinajstić information content (AvgIpc) is 3.04. The first-order valence-electron chi connectivity index (χ1n) is 9.40. The average molecular weight is 526 g/mol. The first-order valence-corrected chi connectivity index (χ1v) is 10.9. The standard InChI is InChI=1S/C22H21ClINO4/c1-3-5-10-28-20-17(24)11-14(13-19(20)27-4-2)12-18-22(26)29-21(25-18)15-8-6-7-9-16(15)23/h6-9,11-13H,3-5,10H2,1-2H3/b18-12-. The molecule has 0 spiro atoms. The highest BCUT2D eigenvalue weighted by Gasteiger charge is 2.25. The molecule has 29 heavy (non-hydrogen) atoms. The van der Waals surface area contributed by atoms with Crippen LogP contribution in [0.1, 0.15) is 37.8 Å². The van der Waals surface area contributed by atoms with E-state index in [0.29, 0.717) is 29.5 Å². The summed E-state index contributed by atoms with van der Waals surface area (Å²) in [5.41, 5.74) is 1.56. The van der Waals surface area contributed by atoms with E-state index in [1.807, 2.05) is 25.1 Å². The molecule has 0 saturated carbocycles. The van der Waals surface area contributed by atoms with Gasteiger partial charge in [-0.15, -0.1) is 0 Å². The van der Waals surface area contributed by atoms with E-state index >= 15 is 0 Å². The van der Waals surface area contributed by atoms with Crippen molar-refractivity contribution in [1.29, 1.82) is 0 Å². The number of benzene rings is 2. The van der Waals surface area contributed by atoms with Crippen molar-refractivity contribution < 1.29 is 19.0 Å². The third kappa shape index (κ3) is 5.30. The molecule has 1 aliphatic heterocycles. The van der Waals surface area contributed by atoms with Crippen molar-refractivity contribution in [2.75, 3.05) is 13.2 Å². The molecule has 0 fully saturated rings. The number of cyclic esters (lactones) is 1. The molecule has 0 atom stereocenters. The molecule has 0 amide bonds. The highest BCUT2D eigenvalue weighted by Crippen LogP contribution is 2.35. The Kier molecular flexibility index (Phi) is 7.55. The monoisotopic (exact) mass is 525 g/mol. The van der Waals surface area contributed by atoms with Gasteiger partial charge in [0.1, 0.15) is 0 Å². The van der Waals surface area contributed by atoms with Gasteiger partial charge in [0.15, 0.2) is 17.2 Å². The topological polar surface area (TPSA) is 57.1 Å². The molecule has 0 aliphatic carbocycles. The number of unbranched alkanes of at least 4 members (excludes halogenated alkanes) is 1. The SMILES string of the molecule is CCCCOc1c(I)cc(/C=C2\N=C(c3ccccc3Cl)OC2=O)cc1OCC. The number of nitrogens with zero attached hydrogens (tertiary/aromatic N) is 1. The summed E-state index contributed by atoms with van der Waals surface area (Å²) >= 11 is 8.39. The molecule has 2 aromatic rings. The predicted octanol–water partition coefficient (Wildman–Crippen LogP) is 5.87. The Morgan fingerprint density at radius 2 is 2.00 bits per heavy atom. The van der Waals surface area contributed by atoms with Crippen molar-refractivity contribution in [3.8, 4) is 11.5 Å². The Balaban J connectivity index is 1.93. The van der Waals surface area contributed by atoms with Crippen LogP contribution in [0.2, 0.25) is 5.02 Å². The van der Waals surface area contributed by atoms with Crippen LogP contribution in [0.4, 0.5) is 0 Å². The summed E-state index contributed by atoms with van der Waals surface area (Å²) in [7, 11) is 0. The summed E-state index contributed by atoms with van der Waals surface area (Å²) < 4.78 is 17.9. The molecule has 1 aliphatic rings. The van der Waals surface area contributed by atoms with Crippen molar-refractivity contribution in [1.82, 2.24) is 0 Å². The lowest BCUT2D eigenvalue weighted by molar-refractivity contribution is -0.129. The van der Waals surface area contributed by atoms with Gasteiger partial charge in [0.2, 0.25) is 5.90 Å². The number of halogens is 2. The molecule has 1 heterocycles. The number of rotatable bonds is 8. The fourth-order valence-corrected chi connectivity index (χ4v) is 3.71. The Morgan fingerprint density at radius 3 is 2.72 bits per heavy atom. The third-order valence-corrected chi connectivity index (χ3v) is 5.24. The molecule has 0 bridgehead atoms. The lowest BCUT2D eigenvalue weighted by Gasteiger charge is -2.14. The molecule has 5 nitrogen and oxygen atoms in total. The van der Waals surface area contributed by atoms with E-state index in [2.05, 4.69) is 34.5 Å². The zero-order valence-corrected chi connectivity index (χ0v) is 19.1. The van der Waals surface area contributed by atoms with Crippen LogP contribution in [-0.2, 0) is 9.53 Å². The van der Waals surface area contributed by atoms with Crippen LogP contribution in [0.15, 0.2) is 47.1 Å². The van der Waals surface area contributed by atoms with Gasteiger partial charge in [0.25, 0.3) is 0 Å². The Morgan fingerprint density at radius 1 is 1.21 bits per heavy atom. The quantitative estimate of drug-likeness (QED) is 0.187. The minimum absolute atomic E-state index is 0.200. The van der Waals surface area contributed by atoms with Crippen molar-refractivity contribution in [2.24, 2.45) is 4.99 Å². The van der Waals surface area contributed by atoms with Crippen LogP contribution in [-0.4, -0.2) is 25.1 Å². The molecular formula is C22H21ClINO4. The van der Waals surface area contributed by atoms with E-state index in [4.69, 9.17) is 25.8 Å². The number of hydrogen-bond acceptors (Lipinski definition) is 5. The Labute approximate surface area is 188 Å². The van der Waals surface area contributed by atoms with Crippen LogP contribution >= 0.6 is 34.2 Å². The number of hydrogen-bond donors (Lipinski definition) is 0. The molecule has 0 N–H and O–H groups in total. The van der Waals surface area contributed by atoms with Gasteiger partial charge in [-0.25, -0.2) is 9.79 Å². The van der Waals surface area contributed by atoms with Gasteiger partial charge in [0.05, 0.1) is 27.4 Å². The predicted molar refractivity (Wildman–Crippen MR) is 123 cm³/mol. The van der Waals surface area contributed by atoms with Crippen LogP contribution in [0, 0.1) is 3.57 Å². The zero-order chi connectivity index (χ0) is 20.8. The Hall–Kier alpha value is -2.06. The first-order chi connectivity index (χ1) is 14.0. The van der Waals surface area contributed by atoms with E-state index < -0.39 is 5.97 Å². The largest absolute Gasteiger partial charge is 0.490 e. The smallest absolute Gasteiger partial charge is 0.363 e. The fraction of sp³-hybridized carbons (Fsp3) is 0.273. The lowest BCUT2D eigenvalue weighted by Crippen LogP contribution is -2.05. The maximum atomic E-state index is 12.3. The number of ether oxygens (including phenoxy) is 3. The maximum Gasteiger partial charge on any atom is 0.363 e. The van der Waals surface area contributed by atoms with Crippen molar-refractivity contribution >= 4 is 52.1 Å². The molecule has 0 saturated heterocycles. The molecule has 0 aromatic heterocycles. The third-order valence-electron chi connectivity index (χ3n) is 4.10. The summed E-state index contributed by atoms with van der Waals surface area (Å²) in [4.78, 5) is 16.6. The summed E-state index contributed by atoms with van der Waals surface area (Å²) in [6.45, 7) is 5.18. The summed E-state index contributed by atoms with van der Waals surface area (Å²) in [6.07, 6.45) is 3.70. The molecule has 3 rings (SSSR count). The molecule has 7 heteroatoms. The second-order valence-corrected chi connectivity index (χ2v) is 7.85. The maximum absolute atomic E-state index is 12.3. The molecule has 0 unspecified atom stereocenters. The van der Waals surface area contributed by atoms with Crippen molar-refractivity contribution in [3.63, 3.8) is 0 Å². The van der Waals surface area contributed by atoms with E-state index in [9.17, 15) is 4.79 Å². The van der Waals surface area contributed by atoms with Gasteiger partial charge >= 0.3 is 5.97 Å². The van der Waals surface area contributed by atoms with Crippen LogP contribution in [0.5, 0.6) is 11.5 Å². The number of esters is 1. The van der Waals surface area contributed by atoms with Crippen LogP contribution in [0.3, 0.4) is 0 Å². The van der Waals surface area contributed by atoms with Gasteiger partial charge in [-0.2, -0.15) is 0 Å². The first kappa shape index (κ1) is 21.6. The van der Waals surface area contributed by atoms with Gasteiger partial charge in [-0.3, -0.25) is 0 Å². The number of carbonyl (C=O) groups excluding carboxylic acids is 1. The van der Waals surface area contributed by atoms with Gasteiger partial charge < -0.3 is 14.2 Å². The summed E-state index contributed by atoms with van der Waals surface area (Å²) in [5.74, 6) is 1.04. The second kappa shape index (κ2) is 10.1. The van der Waals surface area contributed by atoms with Gasteiger partial charge in [-0.1, -0.05) is 37.1 Å². The van der Waals surface area contributed by atoms with Crippen molar-refractivity contribution in [2.45, 2.75) is 26.7 Å². The van der Waals surface area contributed by atoms with E-state index in [-0.39, 0.29) is 11.6 Å². The fourth-order valence-electron chi connectivity index (χ4n) is 2.71. The zero-order valence-electron chi connectivity index (χ0n) is 16.2. The summed E-state index contributed by atoms with van der Waals surface area (Å²) in [6, 6.07) is 10.9.